The molecule has 0 saturated carbocycles. The smallest absolute Gasteiger partial charge is 0.335 e. The summed E-state index contributed by atoms with van der Waals surface area (Å²) < 4.78 is 0. The van der Waals surface area contributed by atoms with E-state index in [9.17, 15) is 24.3 Å². The van der Waals surface area contributed by atoms with Crippen LogP contribution in [0, 0.1) is 6.92 Å². The van der Waals surface area contributed by atoms with Gasteiger partial charge in [-0.3, -0.25) is 14.4 Å². The molecule has 8 nitrogen and oxygen atoms in total. The first kappa shape index (κ1) is 35.0. The molecule has 0 aliphatic heterocycles. The van der Waals surface area contributed by atoms with Crippen LogP contribution in [0.3, 0.4) is 0 Å². The number of aromatic carboxylic acids is 1. The second-order valence-electron chi connectivity index (χ2n) is 10.8. The number of aryl methyl sites for hydroxylation is 1. The monoisotopic (exact) mass is 709 g/mol. The van der Waals surface area contributed by atoms with E-state index in [1.54, 1.807) is 79.7 Å². The van der Waals surface area contributed by atoms with Crippen molar-refractivity contribution in [3.05, 3.63) is 165 Å². The molecule has 5 rings (SSSR count). The second-order valence-corrected chi connectivity index (χ2v) is 12.8. The Kier molecular flexibility index (Phi) is 11.5. The van der Waals surface area contributed by atoms with Crippen molar-refractivity contribution in [2.75, 3.05) is 10.6 Å². The van der Waals surface area contributed by atoms with Crippen LogP contribution in [0.1, 0.15) is 42.7 Å². The van der Waals surface area contributed by atoms with Crippen molar-refractivity contribution in [1.29, 1.82) is 0 Å². The third-order valence-corrected chi connectivity index (χ3v) is 9.03. The number of amides is 3. The fourth-order valence-electron chi connectivity index (χ4n) is 4.69. The van der Waals surface area contributed by atoms with E-state index in [0.29, 0.717) is 43.0 Å². The molecule has 0 heterocycles. The molecule has 1 atom stereocenters. The molecule has 0 spiro atoms. The van der Waals surface area contributed by atoms with Gasteiger partial charge >= 0.3 is 5.97 Å². The Morgan fingerprint density at radius 2 is 1.47 bits per heavy atom. The number of carbonyl (C=O) groups is 4. The van der Waals surface area contributed by atoms with E-state index in [1.165, 1.54) is 36.0 Å². The second kappa shape index (κ2) is 16.2. The number of rotatable bonds is 11. The third kappa shape index (κ3) is 9.39. The Balaban J connectivity index is 1.40. The van der Waals surface area contributed by atoms with E-state index >= 15 is 0 Å². The first-order chi connectivity index (χ1) is 23.6. The highest BCUT2D eigenvalue weighted by Crippen LogP contribution is 2.37. The van der Waals surface area contributed by atoms with Crippen LogP contribution < -0.4 is 16.0 Å². The zero-order chi connectivity index (χ0) is 34.9. The lowest BCUT2D eigenvalue weighted by Crippen LogP contribution is -2.30. The normalized spacial score (nSPS) is 11.7. The first-order valence-corrected chi connectivity index (χ1v) is 16.5. The lowest BCUT2D eigenvalue weighted by Gasteiger charge is -2.19. The van der Waals surface area contributed by atoms with Gasteiger partial charge in [0.1, 0.15) is 10.9 Å². The number of nitrogens with one attached hydrogen (secondary N) is 3. The molecule has 5 aromatic carbocycles. The summed E-state index contributed by atoms with van der Waals surface area (Å²) in [5.41, 5.74) is 3.06. The van der Waals surface area contributed by atoms with E-state index < -0.39 is 23.0 Å². The van der Waals surface area contributed by atoms with E-state index in [4.69, 9.17) is 23.2 Å². The van der Waals surface area contributed by atoms with E-state index in [2.05, 4.69) is 16.0 Å². The molecule has 0 radical (unpaired) electrons. The molecule has 0 bridgehead atoms. The Hall–Kier alpha value is -5.35. The summed E-state index contributed by atoms with van der Waals surface area (Å²) in [5.74, 6) is -2.55. The number of hydrogen-bond acceptors (Lipinski definition) is 5. The average molecular weight is 711 g/mol. The van der Waals surface area contributed by atoms with Crippen LogP contribution in [-0.2, 0) is 9.59 Å². The van der Waals surface area contributed by atoms with E-state index in [0.717, 1.165) is 5.56 Å². The van der Waals surface area contributed by atoms with Gasteiger partial charge in [0, 0.05) is 31.9 Å². The summed E-state index contributed by atoms with van der Waals surface area (Å²) in [5, 5.41) is 17.8. The van der Waals surface area contributed by atoms with Crippen LogP contribution in [-0.4, -0.2) is 28.8 Å². The largest absolute Gasteiger partial charge is 0.478 e. The molecule has 0 saturated heterocycles. The van der Waals surface area contributed by atoms with Crippen molar-refractivity contribution < 1.29 is 24.3 Å². The molecule has 246 valence electrons. The van der Waals surface area contributed by atoms with Crippen LogP contribution in [0.5, 0.6) is 0 Å². The number of hydrogen-bond donors (Lipinski definition) is 4. The van der Waals surface area contributed by atoms with E-state index in [1.807, 2.05) is 30.3 Å². The van der Waals surface area contributed by atoms with Crippen molar-refractivity contribution in [2.24, 2.45) is 0 Å². The van der Waals surface area contributed by atoms with Crippen LogP contribution in [0.15, 0.2) is 132 Å². The Morgan fingerprint density at radius 1 is 0.755 bits per heavy atom. The highest BCUT2D eigenvalue weighted by Gasteiger charge is 2.24. The molecule has 5 aromatic rings. The fourth-order valence-corrected chi connectivity index (χ4v) is 6.23. The fraction of sp³-hybridized carbons (Fsp3) is 0.0526. The van der Waals surface area contributed by atoms with E-state index in [-0.39, 0.29) is 17.2 Å². The average Bonchev–Trinajstić information content (AvgIpc) is 3.09. The van der Waals surface area contributed by atoms with Crippen LogP contribution >= 0.6 is 35.0 Å². The minimum atomic E-state index is -1.10. The molecule has 49 heavy (non-hydrogen) atoms. The molecule has 4 N–H and O–H groups in total. The van der Waals surface area contributed by atoms with Crippen molar-refractivity contribution >= 4 is 76.1 Å². The third-order valence-electron chi connectivity index (χ3n) is 7.22. The lowest BCUT2D eigenvalue weighted by molar-refractivity contribution is -0.116. The van der Waals surface area contributed by atoms with Gasteiger partial charge in [-0.15, -0.1) is 11.8 Å². The van der Waals surface area contributed by atoms with Gasteiger partial charge in [-0.1, -0.05) is 89.9 Å². The van der Waals surface area contributed by atoms with Gasteiger partial charge in [0.05, 0.1) is 5.56 Å². The molecule has 1 unspecified atom stereocenters. The van der Waals surface area contributed by atoms with Gasteiger partial charge in [0.25, 0.3) is 11.8 Å². The molecule has 0 aliphatic carbocycles. The van der Waals surface area contributed by atoms with Crippen molar-refractivity contribution in [3.63, 3.8) is 0 Å². The molecule has 0 aliphatic rings. The van der Waals surface area contributed by atoms with Crippen molar-refractivity contribution in [1.82, 2.24) is 5.32 Å². The number of benzene rings is 5. The number of carboxylic acids is 1. The molecule has 0 fully saturated rings. The minimum Gasteiger partial charge on any atom is -0.478 e. The summed E-state index contributed by atoms with van der Waals surface area (Å²) in [6.07, 6.45) is 1.46. The number of carboxylic acid groups (broad SMARTS) is 1. The molecule has 3 amide bonds. The Labute approximate surface area is 297 Å². The number of carbonyl (C=O) groups excluding carboxylic acids is 3. The maximum Gasteiger partial charge on any atom is 0.335 e. The van der Waals surface area contributed by atoms with Gasteiger partial charge in [0.2, 0.25) is 5.91 Å². The van der Waals surface area contributed by atoms with Gasteiger partial charge in [-0.25, -0.2) is 4.79 Å². The van der Waals surface area contributed by atoms with Gasteiger partial charge < -0.3 is 21.1 Å². The zero-order valence-electron chi connectivity index (χ0n) is 25.9. The molecular weight excluding hydrogens is 681 g/mol. The molecule has 11 heteroatoms. The predicted octanol–water partition coefficient (Wildman–Crippen LogP) is 8.88. The summed E-state index contributed by atoms with van der Waals surface area (Å²) in [6.45, 7) is 1.78. The predicted molar refractivity (Wildman–Crippen MR) is 195 cm³/mol. The SMILES string of the molecule is Cc1ccc(C(=O)O)cc1NC(=O)C(Sc1cccc(NC(=O)/C(=C\c2ccc(Cl)cc2Cl)NC(=O)c2ccccc2)c1)c1ccccc1. The Morgan fingerprint density at radius 3 is 2.16 bits per heavy atom. The summed E-state index contributed by atoms with van der Waals surface area (Å²) >= 11 is 13.7. The number of anilines is 2. The lowest BCUT2D eigenvalue weighted by atomic mass is 10.1. The van der Waals surface area contributed by atoms with Crippen LogP contribution in [0.25, 0.3) is 6.08 Å². The van der Waals surface area contributed by atoms with Gasteiger partial charge in [-0.2, -0.15) is 0 Å². The summed E-state index contributed by atoms with van der Waals surface area (Å²) in [6, 6.07) is 33.9. The van der Waals surface area contributed by atoms with Gasteiger partial charge in [-0.05, 0) is 84.3 Å². The highest BCUT2D eigenvalue weighted by molar-refractivity contribution is 8.00. The number of halogens is 2. The van der Waals surface area contributed by atoms with Crippen LogP contribution in [0.2, 0.25) is 10.0 Å². The molecule has 0 aromatic heterocycles. The Bertz CT molecular complexity index is 2060. The standard InChI is InChI=1S/C38H29Cl2N3O5S/c1-23-15-16-27(38(47)48)20-32(23)42-37(46)34(24-9-4-2-5-10-24)49-30-14-8-13-29(22-30)41-36(45)33(19-26-17-18-28(39)21-31(26)40)43-35(44)25-11-6-3-7-12-25/h2-22,34H,1H3,(H,41,45)(H,42,46)(H,43,44)(H,47,48)/b33-19+. The quantitative estimate of drug-likeness (QED) is 0.0802. The van der Waals surface area contributed by atoms with Crippen LogP contribution in [0.4, 0.5) is 11.4 Å². The zero-order valence-corrected chi connectivity index (χ0v) is 28.3. The maximum atomic E-state index is 13.7. The summed E-state index contributed by atoms with van der Waals surface area (Å²) in [4.78, 5) is 52.7. The minimum absolute atomic E-state index is 0.0555. The topological polar surface area (TPSA) is 125 Å². The summed E-state index contributed by atoms with van der Waals surface area (Å²) in [7, 11) is 0. The molecular formula is C38H29Cl2N3O5S. The van der Waals surface area contributed by atoms with Gasteiger partial charge in [0.15, 0.2) is 0 Å². The maximum absolute atomic E-state index is 13.7. The highest BCUT2D eigenvalue weighted by atomic mass is 35.5. The van der Waals surface area contributed by atoms with Crippen molar-refractivity contribution in [2.45, 2.75) is 17.1 Å². The number of thioether (sulfide) groups is 1. The first-order valence-electron chi connectivity index (χ1n) is 14.9. The van der Waals surface area contributed by atoms with Crippen molar-refractivity contribution in [3.8, 4) is 0 Å².